The van der Waals surface area contributed by atoms with Crippen molar-refractivity contribution in [3.63, 3.8) is 0 Å². The molecule has 3 heteroatoms. The molecule has 0 spiro atoms. The number of ether oxygens (including phenoxy) is 2. The predicted molar refractivity (Wildman–Crippen MR) is 86.0 cm³/mol. The van der Waals surface area contributed by atoms with Crippen LogP contribution in [0.15, 0.2) is 48.5 Å². The summed E-state index contributed by atoms with van der Waals surface area (Å²) in [4.78, 5) is 0. The van der Waals surface area contributed by atoms with Gasteiger partial charge in [-0.25, -0.2) is 0 Å². The lowest BCUT2D eigenvalue weighted by atomic mass is 10.1. The maximum Gasteiger partial charge on any atom is 0.119 e. The Kier molecular flexibility index (Phi) is 6.10. The van der Waals surface area contributed by atoms with Crippen LogP contribution in [0.5, 0.6) is 11.5 Å². The molecular formula is C18H23NO2. The predicted octanol–water partition coefficient (Wildman–Crippen LogP) is 3.43. The minimum Gasteiger partial charge on any atom is -0.497 e. The standard InChI is InChI=1S/C18H23NO2/c1-3-15-4-6-16(7-5-15)14-19-12-13-21-18-10-8-17(20-2)9-11-18/h4-11,19H,3,12-14H2,1-2H3. The van der Waals surface area contributed by atoms with Gasteiger partial charge in [-0.05, 0) is 41.8 Å². The van der Waals surface area contributed by atoms with E-state index in [1.807, 2.05) is 24.3 Å². The molecule has 0 saturated heterocycles. The first-order valence-corrected chi connectivity index (χ1v) is 7.37. The largest absolute Gasteiger partial charge is 0.497 e. The second-order valence-electron chi connectivity index (χ2n) is 4.87. The molecule has 1 N–H and O–H groups in total. The van der Waals surface area contributed by atoms with Crippen LogP contribution >= 0.6 is 0 Å². The molecule has 0 fully saturated rings. The van der Waals surface area contributed by atoms with E-state index in [2.05, 4.69) is 36.5 Å². The van der Waals surface area contributed by atoms with Crippen LogP contribution in [0, 0.1) is 0 Å². The molecule has 0 saturated carbocycles. The summed E-state index contributed by atoms with van der Waals surface area (Å²) in [6, 6.07) is 16.4. The van der Waals surface area contributed by atoms with Crippen LogP contribution < -0.4 is 14.8 Å². The van der Waals surface area contributed by atoms with Gasteiger partial charge in [0.25, 0.3) is 0 Å². The highest BCUT2D eigenvalue weighted by molar-refractivity contribution is 5.31. The minimum atomic E-state index is 0.652. The molecule has 0 amide bonds. The van der Waals surface area contributed by atoms with Crippen molar-refractivity contribution in [2.45, 2.75) is 19.9 Å². The molecule has 112 valence electrons. The average Bonchev–Trinajstić information content (AvgIpc) is 2.55. The molecule has 2 aromatic carbocycles. The van der Waals surface area contributed by atoms with Crippen LogP contribution in [0.4, 0.5) is 0 Å². The van der Waals surface area contributed by atoms with E-state index in [0.29, 0.717) is 6.61 Å². The van der Waals surface area contributed by atoms with E-state index >= 15 is 0 Å². The maximum absolute atomic E-state index is 5.66. The first-order chi connectivity index (χ1) is 10.3. The Bertz CT molecular complexity index is 470. The van der Waals surface area contributed by atoms with Crippen molar-refractivity contribution >= 4 is 0 Å². The highest BCUT2D eigenvalue weighted by Crippen LogP contribution is 2.16. The summed E-state index contributed by atoms with van der Waals surface area (Å²) in [7, 11) is 1.66. The Labute approximate surface area is 126 Å². The van der Waals surface area contributed by atoms with Gasteiger partial charge in [0.05, 0.1) is 7.11 Å². The third kappa shape index (κ3) is 5.12. The summed E-state index contributed by atoms with van der Waals surface area (Å²) in [6.45, 7) is 4.51. The Morgan fingerprint density at radius 1 is 0.857 bits per heavy atom. The molecule has 3 nitrogen and oxygen atoms in total. The summed E-state index contributed by atoms with van der Waals surface area (Å²) in [5, 5.41) is 3.38. The summed E-state index contributed by atoms with van der Waals surface area (Å²) in [5.41, 5.74) is 2.68. The number of benzene rings is 2. The number of hydrogen-bond donors (Lipinski definition) is 1. The van der Waals surface area contributed by atoms with Gasteiger partial charge in [0, 0.05) is 13.1 Å². The number of hydrogen-bond acceptors (Lipinski definition) is 3. The van der Waals surface area contributed by atoms with Gasteiger partial charge in [-0.3, -0.25) is 0 Å². The zero-order chi connectivity index (χ0) is 14.9. The minimum absolute atomic E-state index is 0.652. The highest BCUT2D eigenvalue weighted by atomic mass is 16.5. The number of rotatable bonds is 8. The van der Waals surface area contributed by atoms with Gasteiger partial charge in [0.15, 0.2) is 0 Å². The third-order valence-electron chi connectivity index (χ3n) is 3.37. The summed E-state index contributed by atoms with van der Waals surface area (Å²) < 4.78 is 10.8. The van der Waals surface area contributed by atoms with E-state index in [4.69, 9.17) is 9.47 Å². The quantitative estimate of drug-likeness (QED) is 0.754. The molecule has 0 aliphatic rings. The summed E-state index contributed by atoms with van der Waals surface area (Å²) >= 11 is 0. The third-order valence-corrected chi connectivity index (χ3v) is 3.37. The Balaban J connectivity index is 1.64. The van der Waals surface area contributed by atoms with E-state index in [0.717, 1.165) is 31.0 Å². The van der Waals surface area contributed by atoms with Crippen LogP contribution in [0.1, 0.15) is 18.1 Å². The van der Waals surface area contributed by atoms with Crippen LogP contribution in [-0.4, -0.2) is 20.3 Å². The van der Waals surface area contributed by atoms with E-state index in [1.165, 1.54) is 11.1 Å². The second-order valence-corrected chi connectivity index (χ2v) is 4.87. The van der Waals surface area contributed by atoms with Gasteiger partial charge in [-0.1, -0.05) is 31.2 Å². The Morgan fingerprint density at radius 3 is 2.10 bits per heavy atom. The number of methoxy groups -OCH3 is 1. The lowest BCUT2D eigenvalue weighted by molar-refractivity contribution is 0.313. The molecule has 0 radical (unpaired) electrons. The molecule has 2 aromatic rings. The Morgan fingerprint density at radius 2 is 1.48 bits per heavy atom. The summed E-state index contributed by atoms with van der Waals surface area (Å²) in [6.07, 6.45) is 1.09. The molecule has 0 unspecified atom stereocenters. The summed E-state index contributed by atoms with van der Waals surface area (Å²) in [5.74, 6) is 1.71. The van der Waals surface area contributed by atoms with Crippen LogP contribution in [0.2, 0.25) is 0 Å². The molecule has 0 aliphatic heterocycles. The average molecular weight is 285 g/mol. The second kappa shape index (κ2) is 8.32. The van der Waals surface area contributed by atoms with Gasteiger partial charge in [-0.2, -0.15) is 0 Å². The number of aryl methyl sites for hydroxylation is 1. The first-order valence-electron chi connectivity index (χ1n) is 7.37. The zero-order valence-corrected chi connectivity index (χ0v) is 12.8. The van der Waals surface area contributed by atoms with Crippen molar-refractivity contribution in [2.75, 3.05) is 20.3 Å². The fraction of sp³-hybridized carbons (Fsp3) is 0.333. The zero-order valence-electron chi connectivity index (χ0n) is 12.8. The topological polar surface area (TPSA) is 30.5 Å². The fourth-order valence-corrected chi connectivity index (χ4v) is 2.04. The molecule has 21 heavy (non-hydrogen) atoms. The van der Waals surface area contributed by atoms with Gasteiger partial charge in [0.1, 0.15) is 18.1 Å². The smallest absolute Gasteiger partial charge is 0.119 e. The van der Waals surface area contributed by atoms with E-state index < -0.39 is 0 Å². The highest BCUT2D eigenvalue weighted by Gasteiger charge is 1.96. The van der Waals surface area contributed by atoms with Crippen molar-refractivity contribution in [3.8, 4) is 11.5 Å². The van der Waals surface area contributed by atoms with Crippen molar-refractivity contribution in [1.29, 1.82) is 0 Å². The monoisotopic (exact) mass is 285 g/mol. The van der Waals surface area contributed by atoms with E-state index in [9.17, 15) is 0 Å². The van der Waals surface area contributed by atoms with Crippen LogP contribution in [0.25, 0.3) is 0 Å². The molecule has 0 bridgehead atoms. The molecule has 0 heterocycles. The lowest BCUT2D eigenvalue weighted by Crippen LogP contribution is -2.20. The van der Waals surface area contributed by atoms with Crippen molar-refractivity contribution < 1.29 is 9.47 Å². The van der Waals surface area contributed by atoms with Crippen molar-refractivity contribution in [2.24, 2.45) is 0 Å². The van der Waals surface area contributed by atoms with E-state index in [-0.39, 0.29) is 0 Å². The molecule has 0 aliphatic carbocycles. The van der Waals surface area contributed by atoms with Crippen molar-refractivity contribution in [1.82, 2.24) is 5.32 Å². The SMILES string of the molecule is CCc1ccc(CNCCOc2ccc(OC)cc2)cc1. The van der Waals surface area contributed by atoms with Gasteiger partial charge >= 0.3 is 0 Å². The molecule has 0 atom stereocenters. The molecule has 0 aromatic heterocycles. The molecule has 2 rings (SSSR count). The van der Waals surface area contributed by atoms with Crippen molar-refractivity contribution in [3.05, 3.63) is 59.7 Å². The van der Waals surface area contributed by atoms with Gasteiger partial charge in [0.2, 0.25) is 0 Å². The fourth-order valence-electron chi connectivity index (χ4n) is 2.04. The van der Waals surface area contributed by atoms with Crippen LogP contribution in [0.3, 0.4) is 0 Å². The van der Waals surface area contributed by atoms with Gasteiger partial charge < -0.3 is 14.8 Å². The molecular weight excluding hydrogens is 262 g/mol. The maximum atomic E-state index is 5.66. The van der Waals surface area contributed by atoms with E-state index in [1.54, 1.807) is 7.11 Å². The normalized spacial score (nSPS) is 10.4. The van der Waals surface area contributed by atoms with Gasteiger partial charge in [-0.15, -0.1) is 0 Å². The lowest BCUT2D eigenvalue weighted by Gasteiger charge is -2.08. The van der Waals surface area contributed by atoms with Crippen LogP contribution in [-0.2, 0) is 13.0 Å². The Hall–Kier alpha value is -2.00. The number of nitrogens with one attached hydrogen (secondary N) is 1. The first kappa shape index (κ1) is 15.4.